The van der Waals surface area contributed by atoms with Gasteiger partial charge in [0.05, 0.1) is 0 Å². The lowest BCUT2D eigenvalue weighted by atomic mass is 9.96. The van der Waals surface area contributed by atoms with Crippen molar-refractivity contribution in [2.45, 2.75) is 78.6 Å². The minimum absolute atomic E-state index is 0.151. The molecule has 0 aliphatic carbocycles. The molecule has 35 heavy (non-hydrogen) atoms. The predicted octanol–water partition coefficient (Wildman–Crippen LogP) is 0.396. The standard InChI is InChI=1S/C25H39N5O5/c1-7-15(4)21(28-17(6)31)25(35)30-20(14(2)3)24(34)29-19(13-18-11-9-8-10-12-18)23(33)27-16(5)22(26)32/h8-12,14-16,19-21H,7,13H2,1-6H3,(H2,26,32)(H,27,33)(H,28,31)(H,29,34)(H,30,35)/t15-,16-,19-,20+,21-/m0/s1. The number of nitrogens with one attached hydrogen (secondary N) is 4. The molecule has 10 nitrogen and oxygen atoms in total. The van der Waals surface area contributed by atoms with Gasteiger partial charge in [-0.05, 0) is 24.3 Å². The molecule has 0 fully saturated rings. The molecule has 10 heteroatoms. The van der Waals surface area contributed by atoms with E-state index in [1.54, 1.807) is 13.8 Å². The Morgan fingerprint density at radius 3 is 1.86 bits per heavy atom. The number of hydrogen-bond acceptors (Lipinski definition) is 5. The number of carbonyl (C=O) groups is 5. The van der Waals surface area contributed by atoms with E-state index in [1.165, 1.54) is 13.8 Å². The van der Waals surface area contributed by atoms with Gasteiger partial charge in [-0.25, -0.2) is 0 Å². The van der Waals surface area contributed by atoms with Crippen LogP contribution in [0.2, 0.25) is 0 Å². The molecule has 5 atom stereocenters. The second-order valence-electron chi connectivity index (χ2n) is 9.18. The van der Waals surface area contributed by atoms with Crippen LogP contribution in [0, 0.1) is 11.8 Å². The average molecular weight is 490 g/mol. The number of amides is 5. The summed E-state index contributed by atoms with van der Waals surface area (Å²) in [5.41, 5.74) is 6.06. The molecule has 0 aliphatic rings. The van der Waals surface area contributed by atoms with Crippen molar-refractivity contribution in [3.8, 4) is 0 Å². The highest BCUT2D eigenvalue weighted by Gasteiger charge is 2.33. The van der Waals surface area contributed by atoms with E-state index in [1.807, 2.05) is 44.2 Å². The van der Waals surface area contributed by atoms with Gasteiger partial charge in [0.15, 0.2) is 0 Å². The molecule has 0 saturated carbocycles. The summed E-state index contributed by atoms with van der Waals surface area (Å²) in [7, 11) is 0. The van der Waals surface area contributed by atoms with Crippen LogP contribution in [-0.2, 0) is 30.4 Å². The van der Waals surface area contributed by atoms with Crippen molar-refractivity contribution in [1.29, 1.82) is 0 Å². The first-order valence-electron chi connectivity index (χ1n) is 11.9. The van der Waals surface area contributed by atoms with Gasteiger partial charge in [-0.15, -0.1) is 0 Å². The summed E-state index contributed by atoms with van der Waals surface area (Å²) in [5, 5.41) is 10.6. The Hall–Kier alpha value is -3.43. The van der Waals surface area contributed by atoms with Gasteiger partial charge in [-0.3, -0.25) is 24.0 Å². The van der Waals surface area contributed by atoms with E-state index in [9.17, 15) is 24.0 Å². The number of nitrogens with two attached hydrogens (primary N) is 1. The summed E-state index contributed by atoms with van der Waals surface area (Å²) in [6.45, 7) is 10.1. The van der Waals surface area contributed by atoms with Gasteiger partial charge in [-0.2, -0.15) is 0 Å². The molecule has 0 radical (unpaired) electrons. The monoisotopic (exact) mass is 489 g/mol. The first kappa shape index (κ1) is 29.6. The molecule has 1 aromatic carbocycles. The Balaban J connectivity index is 3.10. The maximum absolute atomic E-state index is 13.2. The lowest BCUT2D eigenvalue weighted by Crippen LogP contribution is -2.60. The zero-order chi connectivity index (χ0) is 26.7. The number of benzene rings is 1. The van der Waals surface area contributed by atoms with Crippen molar-refractivity contribution in [2.75, 3.05) is 0 Å². The zero-order valence-electron chi connectivity index (χ0n) is 21.4. The van der Waals surface area contributed by atoms with Gasteiger partial charge in [0.25, 0.3) is 0 Å². The van der Waals surface area contributed by atoms with Crippen molar-refractivity contribution >= 4 is 29.5 Å². The number of primary amides is 1. The molecule has 0 heterocycles. The van der Waals surface area contributed by atoms with Crippen LogP contribution >= 0.6 is 0 Å². The Kier molecular flexibility index (Phi) is 11.9. The molecule has 6 N–H and O–H groups in total. The second-order valence-corrected chi connectivity index (χ2v) is 9.18. The Labute approximate surface area is 207 Å². The van der Waals surface area contributed by atoms with Crippen LogP contribution in [0.4, 0.5) is 0 Å². The van der Waals surface area contributed by atoms with Crippen LogP contribution in [-0.4, -0.2) is 53.7 Å². The molecule has 0 bridgehead atoms. The minimum Gasteiger partial charge on any atom is -0.368 e. The maximum atomic E-state index is 13.2. The van der Waals surface area contributed by atoms with Crippen LogP contribution in [0.5, 0.6) is 0 Å². The van der Waals surface area contributed by atoms with E-state index in [2.05, 4.69) is 21.3 Å². The van der Waals surface area contributed by atoms with E-state index in [0.29, 0.717) is 6.42 Å². The van der Waals surface area contributed by atoms with Gasteiger partial charge in [-0.1, -0.05) is 64.4 Å². The second kappa shape index (κ2) is 14.1. The Morgan fingerprint density at radius 1 is 0.800 bits per heavy atom. The first-order valence-corrected chi connectivity index (χ1v) is 11.9. The van der Waals surface area contributed by atoms with Gasteiger partial charge in [0, 0.05) is 13.3 Å². The summed E-state index contributed by atoms with van der Waals surface area (Å²) in [4.78, 5) is 62.2. The van der Waals surface area contributed by atoms with Crippen LogP contribution in [0.1, 0.15) is 53.5 Å². The van der Waals surface area contributed by atoms with Gasteiger partial charge in [0.1, 0.15) is 24.2 Å². The quantitative estimate of drug-likeness (QED) is 0.271. The van der Waals surface area contributed by atoms with Gasteiger partial charge in [0.2, 0.25) is 29.5 Å². The van der Waals surface area contributed by atoms with Crippen molar-refractivity contribution in [2.24, 2.45) is 17.6 Å². The Bertz CT molecular complexity index is 889. The van der Waals surface area contributed by atoms with Crippen LogP contribution in [0.15, 0.2) is 30.3 Å². The van der Waals surface area contributed by atoms with Crippen LogP contribution in [0.3, 0.4) is 0 Å². The molecule has 5 amide bonds. The highest BCUT2D eigenvalue weighted by atomic mass is 16.2. The molecule has 0 unspecified atom stereocenters. The van der Waals surface area contributed by atoms with Crippen molar-refractivity contribution < 1.29 is 24.0 Å². The SMILES string of the molecule is CC[C@H](C)[C@H](NC(C)=O)C(=O)N[C@@H](C(=O)N[C@@H](Cc1ccccc1)C(=O)N[C@@H](C)C(N)=O)C(C)C. The molecule has 0 spiro atoms. The fourth-order valence-electron chi connectivity index (χ4n) is 3.40. The average Bonchev–Trinajstić information content (AvgIpc) is 2.79. The third-order valence-corrected chi connectivity index (χ3v) is 5.80. The normalized spacial score (nSPS) is 15.2. The Morgan fingerprint density at radius 2 is 1.37 bits per heavy atom. The highest BCUT2D eigenvalue weighted by molar-refractivity contribution is 5.95. The maximum Gasteiger partial charge on any atom is 0.243 e. The number of rotatable bonds is 13. The fourth-order valence-corrected chi connectivity index (χ4v) is 3.40. The molecule has 0 saturated heterocycles. The largest absolute Gasteiger partial charge is 0.368 e. The summed E-state index contributed by atoms with van der Waals surface area (Å²) in [5.74, 6) is -3.11. The third kappa shape index (κ3) is 9.76. The van der Waals surface area contributed by atoms with Crippen molar-refractivity contribution in [1.82, 2.24) is 21.3 Å². The zero-order valence-corrected chi connectivity index (χ0v) is 21.4. The van der Waals surface area contributed by atoms with E-state index in [0.717, 1.165) is 5.56 Å². The lowest BCUT2D eigenvalue weighted by Gasteiger charge is -2.29. The van der Waals surface area contributed by atoms with Gasteiger partial charge >= 0.3 is 0 Å². The molecule has 194 valence electrons. The van der Waals surface area contributed by atoms with E-state index in [4.69, 9.17) is 5.73 Å². The lowest BCUT2D eigenvalue weighted by molar-refractivity contribution is -0.135. The van der Waals surface area contributed by atoms with E-state index < -0.39 is 47.8 Å². The molecule has 0 aromatic heterocycles. The number of hydrogen-bond donors (Lipinski definition) is 5. The molecule has 1 aromatic rings. The van der Waals surface area contributed by atoms with E-state index in [-0.39, 0.29) is 24.2 Å². The molecular weight excluding hydrogens is 450 g/mol. The van der Waals surface area contributed by atoms with E-state index >= 15 is 0 Å². The highest BCUT2D eigenvalue weighted by Crippen LogP contribution is 2.11. The number of carbonyl (C=O) groups excluding carboxylic acids is 5. The third-order valence-electron chi connectivity index (χ3n) is 5.80. The van der Waals surface area contributed by atoms with Crippen molar-refractivity contribution in [3.05, 3.63) is 35.9 Å². The fraction of sp³-hybridized carbons (Fsp3) is 0.560. The summed E-state index contributed by atoms with van der Waals surface area (Å²) < 4.78 is 0. The van der Waals surface area contributed by atoms with Crippen LogP contribution in [0.25, 0.3) is 0 Å². The summed E-state index contributed by atoms with van der Waals surface area (Å²) >= 11 is 0. The van der Waals surface area contributed by atoms with Crippen molar-refractivity contribution in [3.63, 3.8) is 0 Å². The van der Waals surface area contributed by atoms with Gasteiger partial charge < -0.3 is 27.0 Å². The molecule has 0 aliphatic heterocycles. The summed E-state index contributed by atoms with van der Waals surface area (Å²) in [6, 6.07) is 5.40. The smallest absolute Gasteiger partial charge is 0.243 e. The topological polar surface area (TPSA) is 159 Å². The predicted molar refractivity (Wildman–Crippen MR) is 133 cm³/mol. The first-order chi connectivity index (χ1) is 16.4. The van der Waals surface area contributed by atoms with Crippen LogP contribution < -0.4 is 27.0 Å². The minimum atomic E-state index is -1.01. The summed E-state index contributed by atoms with van der Waals surface area (Å²) in [6.07, 6.45) is 0.818. The molecular formula is C25H39N5O5. The molecule has 1 rings (SSSR count).